The molecule has 0 radical (unpaired) electrons. The zero-order valence-corrected chi connectivity index (χ0v) is 10.3. The molecule has 2 atom stereocenters. The van der Waals surface area contributed by atoms with E-state index in [4.69, 9.17) is 4.52 Å². The van der Waals surface area contributed by atoms with Crippen LogP contribution in [-0.2, 0) is 9.09 Å². The molecule has 17 heavy (non-hydrogen) atoms. The molecule has 2 unspecified atom stereocenters. The highest BCUT2D eigenvalue weighted by atomic mass is 31.2. The molecule has 0 aliphatic heterocycles. The van der Waals surface area contributed by atoms with Crippen molar-refractivity contribution in [1.29, 1.82) is 0 Å². The summed E-state index contributed by atoms with van der Waals surface area (Å²) < 4.78 is 16.8. The molecular weight excluding hydrogens is 247 g/mol. The molecule has 0 aliphatic carbocycles. The highest BCUT2D eigenvalue weighted by Crippen LogP contribution is 2.44. The number of nitrogens with zero attached hydrogens (tertiary/aromatic N) is 2. The van der Waals surface area contributed by atoms with Crippen LogP contribution in [0.25, 0.3) is 0 Å². The van der Waals surface area contributed by atoms with Gasteiger partial charge in [0.1, 0.15) is 0 Å². The van der Waals surface area contributed by atoms with Crippen LogP contribution in [0.2, 0.25) is 0 Å². The van der Waals surface area contributed by atoms with Gasteiger partial charge in [-0.1, -0.05) is 6.92 Å². The normalized spacial score (nSPS) is 16.2. The van der Waals surface area contributed by atoms with E-state index in [1.165, 1.54) is 12.3 Å². The smallest absolute Gasteiger partial charge is 0.320 e. The third-order valence-corrected chi connectivity index (χ3v) is 3.65. The first-order chi connectivity index (χ1) is 7.88. The second-order valence-electron chi connectivity index (χ2n) is 3.45. The third kappa shape index (κ3) is 3.33. The van der Waals surface area contributed by atoms with Gasteiger partial charge in [-0.05, 0) is 19.4 Å². The maximum absolute atomic E-state index is 11.9. The van der Waals surface area contributed by atoms with Gasteiger partial charge in [0.2, 0.25) is 5.44 Å². The second-order valence-corrected chi connectivity index (χ2v) is 5.12. The minimum Gasteiger partial charge on any atom is -0.320 e. The van der Waals surface area contributed by atoms with E-state index in [-0.39, 0.29) is 0 Å². The van der Waals surface area contributed by atoms with Crippen LogP contribution in [0, 0.1) is 10.1 Å². The monoisotopic (exact) mass is 260 g/mol. The minimum absolute atomic E-state index is 0.479. The fourth-order valence-corrected chi connectivity index (χ4v) is 2.51. The van der Waals surface area contributed by atoms with E-state index >= 15 is 0 Å². The third-order valence-electron chi connectivity index (χ3n) is 2.13. The Morgan fingerprint density at radius 3 is 2.88 bits per heavy atom. The molecule has 7 nitrogen and oxygen atoms in total. The van der Waals surface area contributed by atoms with Crippen LogP contribution in [0.15, 0.2) is 18.3 Å². The molecule has 0 saturated carbocycles. The first-order valence-electron chi connectivity index (χ1n) is 4.99. The van der Waals surface area contributed by atoms with Crippen molar-refractivity contribution in [2.45, 2.75) is 26.4 Å². The lowest BCUT2D eigenvalue weighted by atomic mass is 10.3. The van der Waals surface area contributed by atoms with Crippen molar-refractivity contribution >= 4 is 18.7 Å². The average Bonchev–Trinajstić information content (AvgIpc) is 2.28. The van der Waals surface area contributed by atoms with Crippen molar-refractivity contribution in [3.8, 4) is 0 Å². The second kappa shape index (κ2) is 5.35. The van der Waals surface area contributed by atoms with E-state index < -0.39 is 29.7 Å². The van der Waals surface area contributed by atoms with E-state index in [0.717, 1.165) is 6.07 Å². The molecular formula is C9H13N2O5P. The van der Waals surface area contributed by atoms with Crippen LogP contribution in [0.3, 0.4) is 0 Å². The SMILES string of the molecule is CCC(C)OP(=O)(O)c1ncccc1[N+](=O)[O-]. The molecule has 0 aromatic carbocycles. The summed E-state index contributed by atoms with van der Waals surface area (Å²) >= 11 is 0. The van der Waals surface area contributed by atoms with Crippen LogP contribution in [0.5, 0.6) is 0 Å². The van der Waals surface area contributed by atoms with Crippen LogP contribution in [0.1, 0.15) is 20.3 Å². The van der Waals surface area contributed by atoms with Gasteiger partial charge < -0.3 is 9.42 Å². The van der Waals surface area contributed by atoms with Gasteiger partial charge >= 0.3 is 13.3 Å². The Labute approximate surface area is 98.1 Å². The summed E-state index contributed by atoms with van der Waals surface area (Å²) in [4.78, 5) is 23.2. The molecule has 0 bridgehead atoms. The summed E-state index contributed by atoms with van der Waals surface area (Å²) in [5.74, 6) is 0. The predicted octanol–water partition coefficient (Wildman–Crippen LogP) is 1.62. The summed E-state index contributed by atoms with van der Waals surface area (Å²) in [5.41, 5.74) is -1.04. The number of hydrogen-bond acceptors (Lipinski definition) is 5. The first kappa shape index (κ1) is 13.8. The van der Waals surface area contributed by atoms with Gasteiger partial charge in [0.05, 0.1) is 11.0 Å². The van der Waals surface area contributed by atoms with Crippen molar-refractivity contribution in [2.24, 2.45) is 0 Å². The molecule has 1 N–H and O–H groups in total. The Bertz CT molecular complexity index is 464. The van der Waals surface area contributed by atoms with Gasteiger partial charge in [0.25, 0.3) is 0 Å². The predicted molar refractivity (Wildman–Crippen MR) is 61.2 cm³/mol. The first-order valence-corrected chi connectivity index (χ1v) is 6.57. The highest BCUT2D eigenvalue weighted by Gasteiger charge is 2.34. The Morgan fingerprint density at radius 2 is 2.35 bits per heavy atom. The Morgan fingerprint density at radius 1 is 1.71 bits per heavy atom. The number of pyridine rings is 1. The minimum atomic E-state index is -4.26. The molecule has 1 aromatic rings. The quantitative estimate of drug-likeness (QED) is 0.490. The van der Waals surface area contributed by atoms with Crippen molar-refractivity contribution in [2.75, 3.05) is 0 Å². The number of aromatic nitrogens is 1. The van der Waals surface area contributed by atoms with Crippen molar-refractivity contribution < 1.29 is 18.9 Å². The Hall–Kier alpha value is -1.30. The van der Waals surface area contributed by atoms with E-state index in [2.05, 4.69) is 4.98 Å². The lowest BCUT2D eigenvalue weighted by Crippen LogP contribution is -2.18. The molecule has 1 rings (SSSR count). The molecule has 0 fully saturated rings. The van der Waals surface area contributed by atoms with Crippen molar-refractivity contribution in [1.82, 2.24) is 4.98 Å². The van der Waals surface area contributed by atoms with E-state index in [9.17, 15) is 19.6 Å². The summed E-state index contributed by atoms with van der Waals surface area (Å²) in [5, 5.41) is 10.7. The van der Waals surface area contributed by atoms with E-state index in [0.29, 0.717) is 6.42 Å². The van der Waals surface area contributed by atoms with Crippen LogP contribution in [0.4, 0.5) is 5.69 Å². The largest absolute Gasteiger partial charge is 0.384 e. The maximum Gasteiger partial charge on any atom is 0.384 e. The summed E-state index contributed by atoms with van der Waals surface area (Å²) in [6, 6.07) is 2.44. The van der Waals surface area contributed by atoms with Gasteiger partial charge in [0, 0.05) is 12.3 Å². The Balaban J connectivity index is 3.14. The van der Waals surface area contributed by atoms with Crippen molar-refractivity contribution in [3.63, 3.8) is 0 Å². The average molecular weight is 260 g/mol. The Kier molecular flexibility index (Phi) is 4.34. The molecule has 0 saturated heterocycles. The van der Waals surface area contributed by atoms with Crippen LogP contribution >= 0.6 is 7.60 Å². The number of rotatable bonds is 5. The van der Waals surface area contributed by atoms with Gasteiger partial charge in [-0.25, -0.2) is 4.98 Å². The lowest BCUT2D eigenvalue weighted by molar-refractivity contribution is -0.383. The fourth-order valence-electron chi connectivity index (χ4n) is 1.12. The zero-order valence-electron chi connectivity index (χ0n) is 9.44. The standard InChI is InChI=1S/C9H13N2O5P/c1-3-7(2)16-17(14,15)9-8(11(12)13)5-4-6-10-9/h4-7H,3H2,1-2H3,(H,14,15). The summed E-state index contributed by atoms with van der Waals surface area (Å²) in [6.07, 6.45) is 1.25. The van der Waals surface area contributed by atoms with Crippen LogP contribution in [-0.4, -0.2) is 20.9 Å². The molecule has 0 spiro atoms. The van der Waals surface area contributed by atoms with Gasteiger partial charge in [-0.15, -0.1) is 0 Å². The van der Waals surface area contributed by atoms with Crippen molar-refractivity contribution in [3.05, 3.63) is 28.4 Å². The van der Waals surface area contributed by atoms with E-state index in [1.807, 2.05) is 0 Å². The number of hydrogen-bond donors (Lipinski definition) is 1. The summed E-state index contributed by atoms with van der Waals surface area (Å²) in [7, 11) is -4.26. The maximum atomic E-state index is 11.9. The number of nitro groups is 1. The molecule has 94 valence electrons. The van der Waals surface area contributed by atoms with Gasteiger partial charge in [0.15, 0.2) is 0 Å². The molecule has 0 amide bonds. The fraction of sp³-hybridized carbons (Fsp3) is 0.444. The summed E-state index contributed by atoms with van der Waals surface area (Å²) in [6.45, 7) is 3.38. The molecule has 1 aromatic heterocycles. The zero-order chi connectivity index (χ0) is 13.1. The molecule has 0 aliphatic rings. The van der Waals surface area contributed by atoms with E-state index in [1.54, 1.807) is 13.8 Å². The van der Waals surface area contributed by atoms with Gasteiger partial charge in [-0.3, -0.25) is 14.7 Å². The highest BCUT2D eigenvalue weighted by molar-refractivity contribution is 7.61. The molecule has 8 heteroatoms. The topological polar surface area (TPSA) is 103 Å². The van der Waals surface area contributed by atoms with Gasteiger partial charge in [-0.2, -0.15) is 0 Å². The lowest BCUT2D eigenvalue weighted by Gasteiger charge is -2.15. The van der Waals surface area contributed by atoms with Crippen LogP contribution < -0.4 is 5.44 Å². The molecule has 1 heterocycles.